The van der Waals surface area contributed by atoms with Crippen LogP contribution in [0.15, 0.2) is 45.8 Å². The van der Waals surface area contributed by atoms with Crippen molar-refractivity contribution in [3.8, 4) is 5.75 Å². The van der Waals surface area contributed by atoms with Crippen molar-refractivity contribution in [1.82, 2.24) is 0 Å². The number of anilines is 2. The number of sulfonamides is 1. The molecule has 0 aromatic heterocycles. The zero-order chi connectivity index (χ0) is 15.6. The fourth-order valence-corrected chi connectivity index (χ4v) is 3.28. The van der Waals surface area contributed by atoms with Gasteiger partial charge in [-0.25, -0.2) is 12.8 Å². The molecule has 0 amide bonds. The van der Waals surface area contributed by atoms with E-state index < -0.39 is 15.8 Å². The molecule has 0 unspecified atom stereocenters. The third-order valence-electron chi connectivity index (χ3n) is 2.67. The summed E-state index contributed by atoms with van der Waals surface area (Å²) in [5.74, 6) is -0.222. The molecular formula is C13H12BrFN2O3S. The Labute approximate surface area is 130 Å². The molecule has 0 spiro atoms. The molecule has 5 nitrogen and oxygen atoms in total. The molecule has 0 aliphatic carbocycles. The van der Waals surface area contributed by atoms with Crippen LogP contribution in [0.25, 0.3) is 0 Å². The topological polar surface area (TPSA) is 81.4 Å². The summed E-state index contributed by atoms with van der Waals surface area (Å²) in [7, 11) is -2.53. The van der Waals surface area contributed by atoms with Crippen molar-refractivity contribution in [2.45, 2.75) is 4.90 Å². The quantitative estimate of drug-likeness (QED) is 0.806. The predicted octanol–water partition coefficient (Wildman–Crippen LogP) is 2.98. The van der Waals surface area contributed by atoms with Crippen molar-refractivity contribution in [3.63, 3.8) is 0 Å². The van der Waals surface area contributed by atoms with Crippen molar-refractivity contribution in [1.29, 1.82) is 0 Å². The zero-order valence-electron chi connectivity index (χ0n) is 10.9. The van der Waals surface area contributed by atoms with Gasteiger partial charge in [0.25, 0.3) is 10.0 Å². The van der Waals surface area contributed by atoms with Gasteiger partial charge in [-0.1, -0.05) is 0 Å². The van der Waals surface area contributed by atoms with Gasteiger partial charge in [0, 0.05) is 6.07 Å². The van der Waals surface area contributed by atoms with E-state index in [1.54, 1.807) is 12.1 Å². The van der Waals surface area contributed by atoms with E-state index >= 15 is 0 Å². The van der Waals surface area contributed by atoms with Gasteiger partial charge in [0.2, 0.25) is 0 Å². The summed E-state index contributed by atoms with van der Waals surface area (Å²) in [6.45, 7) is 0. The second-order valence-electron chi connectivity index (χ2n) is 4.14. The largest absolute Gasteiger partial charge is 0.495 e. The lowest BCUT2D eigenvalue weighted by Crippen LogP contribution is -2.15. The molecule has 0 aliphatic rings. The summed E-state index contributed by atoms with van der Waals surface area (Å²) < 4.78 is 45.8. The van der Waals surface area contributed by atoms with E-state index in [4.69, 9.17) is 10.5 Å². The third-order valence-corrected chi connectivity index (χ3v) is 4.76. The Morgan fingerprint density at radius 1 is 1.24 bits per heavy atom. The average molecular weight is 375 g/mol. The molecule has 0 atom stereocenters. The monoisotopic (exact) mass is 374 g/mol. The first kappa shape index (κ1) is 15.6. The van der Waals surface area contributed by atoms with Gasteiger partial charge in [0.1, 0.15) is 16.5 Å². The Balaban J connectivity index is 2.40. The van der Waals surface area contributed by atoms with Crippen LogP contribution in [0, 0.1) is 5.82 Å². The van der Waals surface area contributed by atoms with Gasteiger partial charge in [-0.05, 0) is 46.3 Å². The summed E-state index contributed by atoms with van der Waals surface area (Å²) >= 11 is 3.26. The molecule has 2 aromatic rings. The number of hydrogen-bond donors (Lipinski definition) is 2. The van der Waals surface area contributed by atoms with E-state index in [1.165, 1.54) is 19.2 Å². The minimum Gasteiger partial charge on any atom is -0.495 e. The Morgan fingerprint density at radius 2 is 1.95 bits per heavy atom. The number of halogens is 2. The van der Waals surface area contributed by atoms with Gasteiger partial charge in [-0.15, -0.1) is 0 Å². The third kappa shape index (κ3) is 3.45. The van der Waals surface area contributed by atoms with E-state index in [2.05, 4.69) is 20.7 Å². The summed E-state index contributed by atoms with van der Waals surface area (Å²) in [6.07, 6.45) is 0. The fraction of sp³-hybridized carbons (Fsp3) is 0.0769. The van der Waals surface area contributed by atoms with Crippen molar-refractivity contribution in [2.75, 3.05) is 17.6 Å². The highest BCUT2D eigenvalue weighted by Crippen LogP contribution is 2.29. The number of methoxy groups -OCH3 is 1. The second kappa shape index (κ2) is 5.90. The fourth-order valence-electron chi connectivity index (χ4n) is 1.67. The highest BCUT2D eigenvalue weighted by Gasteiger charge is 2.19. The van der Waals surface area contributed by atoms with E-state index in [9.17, 15) is 12.8 Å². The maximum Gasteiger partial charge on any atom is 0.264 e. The average Bonchev–Trinajstić information content (AvgIpc) is 2.43. The summed E-state index contributed by atoms with van der Waals surface area (Å²) in [4.78, 5) is -0.315. The highest BCUT2D eigenvalue weighted by atomic mass is 79.9. The molecule has 0 fully saturated rings. The maximum absolute atomic E-state index is 13.2. The number of nitrogens with one attached hydrogen (secondary N) is 1. The molecule has 0 heterocycles. The first-order valence-corrected chi connectivity index (χ1v) is 8.02. The molecule has 8 heteroatoms. The molecule has 0 aliphatic heterocycles. The number of hydrogen-bond acceptors (Lipinski definition) is 4. The van der Waals surface area contributed by atoms with Crippen LogP contribution in [0.5, 0.6) is 5.75 Å². The van der Waals surface area contributed by atoms with Gasteiger partial charge < -0.3 is 10.5 Å². The van der Waals surface area contributed by atoms with Crippen molar-refractivity contribution in [2.24, 2.45) is 0 Å². The number of nitrogen functional groups attached to an aromatic ring is 1. The van der Waals surface area contributed by atoms with Crippen LogP contribution in [0.2, 0.25) is 0 Å². The molecular weight excluding hydrogens is 363 g/mol. The Bertz CT molecular complexity index is 781. The van der Waals surface area contributed by atoms with Crippen molar-refractivity contribution < 1.29 is 17.5 Å². The second-order valence-corrected chi connectivity index (χ2v) is 6.64. The molecule has 0 saturated heterocycles. The number of rotatable bonds is 4. The van der Waals surface area contributed by atoms with E-state index in [0.29, 0.717) is 10.2 Å². The lowest BCUT2D eigenvalue weighted by molar-refractivity contribution is 0.412. The normalized spacial score (nSPS) is 11.2. The lowest BCUT2D eigenvalue weighted by Gasteiger charge is -2.12. The minimum atomic E-state index is -3.99. The molecule has 0 saturated carbocycles. The first-order valence-electron chi connectivity index (χ1n) is 5.75. The molecule has 0 bridgehead atoms. The molecule has 112 valence electrons. The molecule has 2 rings (SSSR count). The highest BCUT2D eigenvalue weighted by molar-refractivity contribution is 9.10. The summed E-state index contributed by atoms with van der Waals surface area (Å²) in [6, 6.07) is 7.83. The van der Waals surface area contributed by atoms with E-state index in [0.717, 1.165) is 12.1 Å². The van der Waals surface area contributed by atoms with Gasteiger partial charge in [-0.2, -0.15) is 0 Å². The number of nitrogens with two attached hydrogens (primary N) is 1. The Hall–Kier alpha value is -1.80. The van der Waals surface area contributed by atoms with E-state index in [1.807, 2.05) is 0 Å². The Morgan fingerprint density at radius 3 is 2.62 bits per heavy atom. The van der Waals surface area contributed by atoms with Crippen LogP contribution in [0.3, 0.4) is 0 Å². The van der Waals surface area contributed by atoms with Crippen LogP contribution in [0.4, 0.5) is 15.8 Å². The van der Waals surface area contributed by atoms with Gasteiger partial charge in [0.15, 0.2) is 0 Å². The van der Waals surface area contributed by atoms with Gasteiger partial charge >= 0.3 is 0 Å². The van der Waals surface area contributed by atoms with E-state index in [-0.39, 0.29) is 16.3 Å². The van der Waals surface area contributed by atoms with Crippen LogP contribution in [-0.2, 0) is 10.0 Å². The molecule has 21 heavy (non-hydrogen) atoms. The van der Waals surface area contributed by atoms with Crippen molar-refractivity contribution >= 4 is 37.3 Å². The van der Waals surface area contributed by atoms with Crippen LogP contribution >= 0.6 is 15.9 Å². The van der Waals surface area contributed by atoms with Crippen LogP contribution < -0.4 is 15.2 Å². The SMILES string of the molecule is COc1cc(NS(=O)(=O)c2cc(F)ccc2N)ccc1Br. The van der Waals surface area contributed by atoms with Crippen LogP contribution in [-0.4, -0.2) is 15.5 Å². The minimum absolute atomic E-state index is 0.0343. The van der Waals surface area contributed by atoms with Crippen LogP contribution in [0.1, 0.15) is 0 Å². The van der Waals surface area contributed by atoms with Crippen molar-refractivity contribution in [3.05, 3.63) is 46.7 Å². The smallest absolute Gasteiger partial charge is 0.264 e. The standard InChI is InChI=1S/C13H12BrFN2O3S/c1-20-12-7-9(3-4-10(12)14)17-21(18,19)13-6-8(15)2-5-11(13)16/h2-7,17H,16H2,1H3. The molecule has 2 aromatic carbocycles. The summed E-state index contributed by atoms with van der Waals surface area (Å²) in [5, 5.41) is 0. The number of ether oxygens (including phenoxy) is 1. The van der Waals surface area contributed by atoms with Gasteiger partial charge in [0.05, 0.1) is 23.0 Å². The molecule has 3 N–H and O–H groups in total. The Kier molecular flexibility index (Phi) is 4.38. The zero-order valence-corrected chi connectivity index (χ0v) is 13.3. The first-order chi connectivity index (χ1) is 9.83. The molecule has 0 radical (unpaired) electrons. The number of benzene rings is 2. The predicted molar refractivity (Wildman–Crippen MR) is 82.3 cm³/mol. The lowest BCUT2D eigenvalue weighted by atomic mass is 10.3. The maximum atomic E-state index is 13.2. The summed E-state index contributed by atoms with van der Waals surface area (Å²) in [5.41, 5.74) is 5.83. The van der Waals surface area contributed by atoms with Gasteiger partial charge in [-0.3, -0.25) is 4.72 Å².